The van der Waals surface area contributed by atoms with E-state index in [2.05, 4.69) is 0 Å². The molecule has 0 aliphatic rings. The normalized spacial score (nSPS) is 18.0. The van der Waals surface area contributed by atoms with Crippen molar-refractivity contribution in [3.8, 4) is 0 Å². The molecule has 0 aromatic rings. The molecular formula is C12H25NO8. The Morgan fingerprint density at radius 2 is 1.62 bits per heavy atom. The Labute approximate surface area is 122 Å². The minimum atomic E-state index is -1.79. The number of carboxylic acid groups (broad SMARTS) is 1. The Morgan fingerprint density at radius 3 is 1.86 bits per heavy atom. The predicted octanol–water partition coefficient (Wildman–Crippen LogP) is -2.93. The van der Waals surface area contributed by atoms with E-state index in [1.54, 1.807) is 0 Å². The van der Waals surface area contributed by atoms with Crippen molar-refractivity contribution in [2.24, 2.45) is 11.7 Å². The number of aliphatic hydroxyl groups is 5. The predicted molar refractivity (Wildman–Crippen MR) is 72.2 cm³/mol. The maximum Gasteiger partial charge on any atom is 0.320 e. The molecule has 0 unspecified atom stereocenters. The van der Waals surface area contributed by atoms with Crippen molar-refractivity contribution in [2.75, 3.05) is 6.61 Å². The first-order valence-electron chi connectivity index (χ1n) is 6.35. The second-order valence-electron chi connectivity index (χ2n) is 4.93. The van der Waals surface area contributed by atoms with E-state index in [1.807, 2.05) is 13.8 Å². The number of rotatable bonds is 8. The lowest BCUT2D eigenvalue weighted by atomic mass is 10.0. The first-order valence-corrected chi connectivity index (χ1v) is 6.35. The molecule has 0 aromatic heterocycles. The van der Waals surface area contributed by atoms with Gasteiger partial charge in [0.1, 0.15) is 30.5 Å². The van der Waals surface area contributed by atoms with Crippen LogP contribution in [0.15, 0.2) is 0 Å². The van der Waals surface area contributed by atoms with Crippen LogP contribution in [0.4, 0.5) is 0 Å². The first kappa shape index (κ1) is 22.2. The fourth-order valence-corrected chi connectivity index (χ4v) is 1.23. The third-order valence-electron chi connectivity index (χ3n) is 2.46. The summed E-state index contributed by atoms with van der Waals surface area (Å²) in [4.78, 5) is 20.0. The average Bonchev–Trinajstić information content (AvgIpc) is 2.43. The summed E-state index contributed by atoms with van der Waals surface area (Å²) in [7, 11) is 0. The molecule has 9 heteroatoms. The van der Waals surface area contributed by atoms with Crippen LogP contribution in [-0.2, 0) is 9.59 Å². The molecule has 21 heavy (non-hydrogen) atoms. The highest BCUT2D eigenvalue weighted by Gasteiger charge is 2.29. The SMILES string of the molecule is CC(C)C[C@H](N)C(=O)O.O=C[C@H](O)[C@@H](O)[C@H](O)[C@H](O)CO. The van der Waals surface area contributed by atoms with E-state index in [0.717, 1.165) is 0 Å². The number of nitrogens with two attached hydrogens (primary N) is 1. The highest BCUT2D eigenvalue weighted by molar-refractivity contribution is 5.72. The zero-order valence-electron chi connectivity index (χ0n) is 12.0. The van der Waals surface area contributed by atoms with E-state index in [9.17, 15) is 9.59 Å². The fourth-order valence-electron chi connectivity index (χ4n) is 1.23. The lowest BCUT2D eigenvalue weighted by Gasteiger charge is -2.22. The van der Waals surface area contributed by atoms with Gasteiger partial charge in [-0.3, -0.25) is 4.79 Å². The molecule has 9 nitrogen and oxygen atoms in total. The number of carbonyl (C=O) groups excluding carboxylic acids is 1. The molecule has 0 amide bonds. The van der Waals surface area contributed by atoms with Gasteiger partial charge in [0.15, 0.2) is 6.29 Å². The summed E-state index contributed by atoms with van der Waals surface area (Å²) in [5, 5.41) is 51.8. The van der Waals surface area contributed by atoms with E-state index in [0.29, 0.717) is 12.3 Å². The topological polar surface area (TPSA) is 182 Å². The number of carboxylic acids is 1. The molecular weight excluding hydrogens is 286 g/mol. The minimum absolute atomic E-state index is 0.0258. The van der Waals surface area contributed by atoms with Crippen LogP contribution in [0.3, 0.4) is 0 Å². The fraction of sp³-hybridized carbons (Fsp3) is 0.833. The first-order chi connectivity index (χ1) is 9.58. The van der Waals surface area contributed by atoms with Gasteiger partial charge in [0.05, 0.1) is 6.61 Å². The molecule has 0 spiro atoms. The Hall–Kier alpha value is -1.10. The number of aldehydes is 1. The van der Waals surface area contributed by atoms with Gasteiger partial charge in [-0.25, -0.2) is 0 Å². The summed E-state index contributed by atoms with van der Waals surface area (Å²) in [6.07, 6.45) is -6.29. The standard InChI is InChI=1S/C6H13NO2.C6H12O6/c1-4(2)3-5(7)6(8)9;7-1-3(9)5(11)6(12)4(10)2-8/h4-5H,3,7H2,1-2H3,(H,8,9);1,3-6,8-12H,2H2/t5-;3-,4+,5+,6+/m00/s1. The van der Waals surface area contributed by atoms with Gasteiger partial charge in [0, 0.05) is 0 Å². The molecule has 0 aliphatic heterocycles. The molecule has 126 valence electrons. The van der Waals surface area contributed by atoms with E-state index in [4.69, 9.17) is 36.4 Å². The summed E-state index contributed by atoms with van der Waals surface area (Å²) in [6, 6.07) is -0.690. The smallest absolute Gasteiger partial charge is 0.320 e. The maximum absolute atomic E-state index is 10.1. The molecule has 0 aliphatic carbocycles. The third-order valence-corrected chi connectivity index (χ3v) is 2.46. The van der Waals surface area contributed by atoms with Gasteiger partial charge in [-0.05, 0) is 12.3 Å². The van der Waals surface area contributed by atoms with Gasteiger partial charge in [-0.2, -0.15) is 0 Å². The van der Waals surface area contributed by atoms with Crippen LogP contribution >= 0.6 is 0 Å². The van der Waals surface area contributed by atoms with Gasteiger partial charge < -0.3 is 41.2 Å². The van der Waals surface area contributed by atoms with Crippen molar-refractivity contribution in [2.45, 2.75) is 50.7 Å². The Kier molecular flexibility index (Phi) is 12.2. The van der Waals surface area contributed by atoms with Crippen molar-refractivity contribution < 1.29 is 40.2 Å². The van der Waals surface area contributed by atoms with Gasteiger partial charge in [0.2, 0.25) is 0 Å². The zero-order valence-corrected chi connectivity index (χ0v) is 12.0. The summed E-state index contributed by atoms with van der Waals surface area (Å²) < 4.78 is 0. The molecule has 0 saturated heterocycles. The van der Waals surface area contributed by atoms with Crippen LogP contribution in [0.5, 0.6) is 0 Å². The van der Waals surface area contributed by atoms with Crippen molar-refractivity contribution in [3.05, 3.63) is 0 Å². The zero-order chi connectivity index (χ0) is 17.2. The monoisotopic (exact) mass is 311 g/mol. The summed E-state index contributed by atoms with van der Waals surface area (Å²) in [6.45, 7) is 3.13. The summed E-state index contributed by atoms with van der Waals surface area (Å²) in [5.41, 5.74) is 5.22. The highest BCUT2D eigenvalue weighted by Crippen LogP contribution is 2.03. The van der Waals surface area contributed by atoms with E-state index >= 15 is 0 Å². The van der Waals surface area contributed by atoms with Crippen LogP contribution in [0.1, 0.15) is 20.3 Å². The van der Waals surface area contributed by atoms with Crippen LogP contribution in [0, 0.1) is 5.92 Å². The lowest BCUT2D eigenvalue weighted by molar-refractivity contribution is -0.139. The van der Waals surface area contributed by atoms with Crippen molar-refractivity contribution in [1.82, 2.24) is 0 Å². The lowest BCUT2D eigenvalue weighted by Crippen LogP contribution is -2.46. The number of aliphatic carboxylic acids is 1. The van der Waals surface area contributed by atoms with Crippen LogP contribution < -0.4 is 5.73 Å². The quantitative estimate of drug-likeness (QED) is 0.231. The van der Waals surface area contributed by atoms with Crippen LogP contribution in [0.2, 0.25) is 0 Å². The van der Waals surface area contributed by atoms with Gasteiger partial charge in [-0.15, -0.1) is 0 Å². The molecule has 0 rings (SSSR count). The number of carbonyl (C=O) groups is 2. The molecule has 0 saturated carbocycles. The molecule has 0 bridgehead atoms. The molecule has 8 N–H and O–H groups in total. The van der Waals surface area contributed by atoms with Gasteiger partial charge in [0.25, 0.3) is 0 Å². The Balaban J connectivity index is 0. The third kappa shape index (κ3) is 10.3. The molecule has 0 fully saturated rings. The number of hydrogen-bond donors (Lipinski definition) is 7. The molecule has 0 aromatic carbocycles. The van der Waals surface area contributed by atoms with Crippen LogP contribution in [-0.4, -0.2) is 80.0 Å². The summed E-state index contributed by atoms with van der Waals surface area (Å²) >= 11 is 0. The molecule has 0 heterocycles. The minimum Gasteiger partial charge on any atom is -0.480 e. The van der Waals surface area contributed by atoms with Crippen LogP contribution in [0.25, 0.3) is 0 Å². The average molecular weight is 311 g/mol. The Bertz CT molecular complexity index is 299. The second-order valence-corrected chi connectivity index (χ2v) is 4.93. The van der Waals surface area contributed by atoms with E-state index < -0.39 is 43.0 Å². The number of aliphatic hydroxyl groups excluding tert-OH is 5. The summed E-state index contributed by atoms with van der Waals surface area (Å²) in [5.74, 6) is -0.556. The van der Waals surface area contributed by atoms with E-state index in [1.165, 1.54) is 0 Å². The van der Waals surface area contributed by atoms with Crippen molar-refractivity contribution >= 4 is 12.3 Å². The van der Waals surface area contributed by atoms with E-state index in [-0.39, 0.29) is 6.29 Å². The van der Waals surface area contributed by atoms with Crippen molar-refractivity contribution in [3.63, 3.8) is 0 Å². The molecule has 5 atom stereocenters. The van der Waals surface area contributed by atoms with Gasteiger partial charge >= 0.3 is 5.97 Å². The number of hydrogen-bond acceptors (Lipinski definition) is 8. The second kappa shape index (κ2) is 11.5. The highest BCUT2D eigenvalue weighted by atomic mass is 16.4. The largest absolute Gasteiger partial charge is 0.480 e. The maximum atomic E-state index is 10.1. The van der Waals surface area contributed by atoms with Gasteiger partial charge in [-0.1, -0.05) is 13.8 Å². The Morgan fingerprint density at radius 1 is 1.14 bits per heavy atom. The van der Waals surface area contributed by atoms with Crippen molar-refractivity contribution in [1.29, 1.82) is 0 Å². The molecule has 0 radical (unpaired) electrons.